The Kier molecular flexibility index (Phi) is 5.07. The lowest BCUT2D eigenvalue weighted by atomic mass is 10.1. The van der Waals surface area contributed by atoms with E-state index in [0.717, 1.165) is 0 Å². The van der Waals surface area contributed by atoms with E-state index in [0.29, 0.717) is 36.1 Å². The Morgan fingerprint density at radius 1 is 1.43 bits per heavy atom. The average molecular weight is 292 g/mol. The highest BCUT2D eigenvalue weighted by Crippen LogP contribution is 2.36. The quantitative estimate of drug-likeness (QED) is 0.782. The number of ether oxygens (including phenoxy) is 2. The van der Waals surface area contributed by atoms with Gasteiger partial charge in [0.05, 0.1) is 19.3 Å². The predicted octanol–water partition coefficient (Wildman–Crippen LogP) is 2.16. The first-order chi connectivity index (χ1) is 10.1. The van der Waals surface area contributed by atoms with E-state index < -0.39 is 0 Å². The molecule has 21 heavy (non-hydrogen) atoms. The summed E-state index contributed by atoms with van der Waals surface area (Å²) in [4.78, 5) is 14.8. The molecule has 0 aromatic heterocycles. The summed E-state index contributed by atoms with van der Waals surface area (Å²) in [6.07, 6.45) is 2.37. The Bertz CT molecular complexity index is 500. The topological polar surface area (TPSA) is 64.8 Å². The highest BCUT2D eigenvalue weighted by molar-refractivity contribution is 5.98. The third-order valence-electron chi connectivity index (χ3n) is 4.05. The Balaban J connectivity index is 2.25. The fourth-order valence-corrected chi connectivity index (χ4v) is 2.56. The summed E-state index contributed by atoms with van der Waals surface area (Å²) in [5, 5.41) is 0. The van der Waals surface area contributed by atoms with Crippen LogP contribution in [0.2, 0.25) is 0 Å². The molecule has 5 nitrogen and oxygen atoms in total. The molecule has 1 amide bonds. The molecule has 0 aliphatic heterocycles. The summed E-state index contributed by atoms with van der Waals surface area (Å²) in [6.45, 7) is 3.20. The molecule has 116 valence electrons. The number of rotatable bonds is 7. The number of carbonyl (C=O) groups excluding carboxylic acids is 1. The largest absolute Gasteiger partial charge is 0.496 e. The molecule has 1 atom stereocenters. The molecule has 0 radical (unpaired) electrons. The second-order valence-electron chi connectivity index (χ2n) is 5.53. The van der Waals surface area contributed by atoms with E-state index in [2.05, 4.69) is 6.92 Å². The molecule has 0 heterocycles. The second-order valence-corrected chi connectivity index (χ2v) is 5.53. The number of amides is 1. The zero-order chi connectivity index (χ0) is 15.4. The molecule has 1 aromatic carbocycles. The number of methoxy groups -OCH3 is 2. The summed E-state index contributed by atoms with van der Waals surface area (Å²) in [6, 6.07) is 5.36. The van der Waals surface area contributed by atoms with E-state index >= 15 is 0 Å². The summed E-state index contributed by atoms with van der Waals surface area (Å²) < 4.78 is 10.4. The van der Waals surface area contributed by atoms with Crippen molar-refractivity contribution in [2.75, 3.05) is 33.1 Å². The van der Waals surface area contributed by atoms with Crippen LogP contribution in [0, 0.1) is 5.92 Å². The molecular formula is C16H24N2O3. The monoisotopic (exact) mass is 292 g/mol. The van der Waals surface area contributed by atoms with Gasteiger partial charge >= 0.3 is 0 Å². The molecule has 1 aromatic rings. The molecular weight excluding hydrogens is 268 g/mol. The first kappa shape index (κ1) is 15.6. The standard InChI is InChI=1S/C16H24N2O3/c1-11(12-4-5-12)18(8-9-20-2)16(19)14-10-13(17)6-7-15(14)21-3/h6-7,10-12H,4-5,8-9,17H2,1-3H3. The molecule has 1 aliphatic carbocycles. The van der Waals surface area contributed by atoms with Crippen LogP contribution in [0.3, 0.4) is 0 Å². The van der Waals surface area contributed by atoms with Crippen molar-refractivity contribution in [2.24, 2.45) is 5.92 Å². The zero-order valence-corrected chi connectivity index (χ0v) is 13.0. The van der Waals surface area contributed by atoms with Crippen LogP contribution < -0.4 is 10.5 Å². The molecule has 1 saturated carbocycles. The minimum Gasteiger partial charge on any atom is -0.496 e. The number of carbonyl (C=O) groups is 1. The van der Waals surface area contributed by atoms with Crippen molar-refractivity contribution in [1.29, 1.82) is 0 Å². The van der Waals surface area contributed by atoms with Crippen LogP contribution in [-0.2, 0) is 4.74 Å². The maximum absolute atomic E-state index is 12.9. The summed E-state index contributed by atoms with van der Waals surface area (Å²) in [5.41, 5.74) is 6.89. The van der Waals surface area contributed by atoms with Crippen molar-refractivity contribution in [3.8, 4) is 5.75 Å². The van der Waals surface area contributed by atoms with Gasteiger partial charge in [-0.15, -0.1) is 0 Å². The van der Waals surface area contributed by atoms with Gasteiger partial charge in [-0.3, -0.25) is 4.79 Å². The lowest BCUT2D eigenvalue weighted by Gasteiger charge is -2.30. The number of nitrogens with two attached hydrogens (primary N) is 1. The summed E-state index contributed by atoms with van der Waals surface area (Å²) >= 11 is 0. The molecule has 0 saturated heterocycles. The van der Waals surface area contributed by atoms with Crippen LogP contribution in [0.15, 0.2) is 18.2 Å². The number of anilines is 1. The minimum atomic E-state index is -0.0457. The van der Waals surface area contributed by atoms with Gasteiger partial charge in [0.25, 0.3) is 5.91 Å². The van der Waals surface area contributed by atoms with Crippen LogP contribution in [0.25, 0.3) is 0 Å². The first-order valence-corrected chi connectivity index (χ1v) is 7.32. The maximum atomic E-state index is 12.9. The van der Waals surface area contributed by atoms with Gasteiger partial charge in [0.2, 0.25) is 0 Å². The number of hydrogen-bond acceptors (Lipinski definition) is 4. The van der Waals surface area contributed by atoms with E-state index in [9.17, 15) is 4.79 Å². The van der Waals surface area contributed by atoms with E-state index in [4.69, 9.17) is 15.2 Å². The van der Waals surface area contributed by atoms with E-state index in [1.807, 2.05) is 4.90 Å². The number of nitrogens with zero attached hydrogens (tertiary/aromatic N) is 1. The van der Waals surface area contributed by atoms with Crippen molar-refractivity contribution >= 4 is 11.6 Å². The van der Waals surface area contributed by atoms with Crippen molar-refractivity contribution in [2.45, 2.75) is 25.8 Å². The van der Waals surface area contributed by atoms with Crippen LogP contribution in [0.1, 0.15) is 30.1 Å². The third-order valence-corrected chi connectivity index (χ3v) is 4.05. The zero-order valence-electron chi connectivity index (χ0n) is 13.0. The third kappa shape index (κ3) is 3.67. The predicted molar refractivity (Wildman–Crippen MR) is 82.5 cm³/mol. The minimum absolute atomic E-state index is 0.0457. The Morgan fingerprint density at radius 2 is 2.14 bits per heavy atom. The van der Waals surface area contributed by atoms with Gasteiger partial charge in [-0.05, 0) is 43.9 Å². The van der Waals surface area contributed by atoms with Crippen LogP contribution in [-0.4, -0.2) is 44.2 Å². The number of hydrogen-bond donors (Lipinski definition) is 1. The fourth-order valence-electron chi connectivity index (χ4n) is 2.56. The normalized spacial score (nSPS) is 15.6. The average Bonchev–Trinajstić information content (AvgIpc) is 3.31. The van der Waals surface area contributed by atoms with Crippen LogP contribution in [0.4, 0.5) is 5.69 Å². The highest BCUT2D eigenvalue weighted by Gasteiger charge is 2.35. The maximum Gasteiger partial charge on any atom is 0.258 e. The molecule has 0 spiro atoms. The van der Waals surface area contributed by atoms with E-state index in [-0.39, 0.29) is 11.9 Å². The molecule has 2 rings (SSSR count). The Hall–Kier alpha value is -1.75. The fraction of sp³-hybridized carbons (Fsp3) is 0.562. The van der Waals surface area contributed by atoms with Gasteiger partial charge in [-0.25, -0.2) is 0 Å². The smallest absolute Gasteiger partial charge is 0.258 e. The molecule has 5 heteroatoms. The van der Waals surface area contributed by atoms with Crippen LogP contribution >= 0.6 is 0 Å². The summed E-state index contributed by atoms with van der Waals surface area (Å²) in [5.74, 6) is 1.10. The van der Waals surface area contributed by atoms with E-state index in [1.165, 1.54) is 12.8 Å². The van der Waals surface area contributed by atoms with Gasteiger partial charge in [-0.2, -0.15) is 0 Å². The first-order valence-electron chi connectivity index (χ1n) is 7.32. The SMILES string of the molecule is COCCN(C(=O)c1cc(N)ccc1OC)C(C)C1CC1. The van der Waals surface area contributed by atoms with Gasteiger partial charge < -0.3 is 20.1 Å². The van der Waals surface area contributed by atoms with Crippen LogP contribution in [0.5, 0.6) is 5.75 Å². The van der Waals surface area contributed by atoms with Crippen molar-refractivity contribution in [3.63, 3.8) is 0 Å². The Labute approximate surface area is 126 Å². The van der Waals surface area contributed by atoms with Gasteiger partial charge in [-0.1, -0.05) is 0 Å². The van der Waals surface area contributed by atoms with Crippen molar-refractivity contribution < 1.29 is 14.3 Å². The number of benzene rings is 1. The number of nitrogen functional groups attached to an aromatic ring is 1. The highest BCUT2D eigenvalue weighted by atomic mass is 16.5. The lowest BCUT2D eigenvalue weighted by molar-refractivity contribution is 0.0591. The second kappa shape index (κ2) is 6.80. The molecule has 1 unspecified atom stereocenters. The Morgan fingerprint density at radius 3 is 2.71 bits per heavy atom. The molecule has 0 bridgehead atoms. The van der Waals surface area contributed by atoms with Gasteiger partial charge in [0.15, 0.2) is 0 Å². The van der Waals surface area contributed by atoms with Crippen molar-refractivity contribution in [3.05, 3.63) is 23.8 Å². The van der Waals surface area contributed by atoms with Crippen molar-refractivity contribution in [1.82, 2.24) is 4.90 Å². The van der Waals surface area contributed by atoms with Gasteiger partial charge in [0.1, 0.15) is 5.75 Å². The summed E-state index contributed by atoms with van der Waals surface area (Å²) in [7, 11) is 3.21. The van der Waals surface area contributed by atoms with Gasteiger partial charge in [0, 0.05) is 25.4 Å². The lowest BCUT2D eigenvalue weighted by Crippen LogP contribution is -2.42. The van der Waals surface area contributed by atoms with E-state index in [1.54, 1.807) is 32.4 Å². The molecule has 1 aliphatic rings. The molecule has 2 N–H and O–H groups in total. The molecule has 1 fully saturated rings.